The highest BCUT2D eigenvalue weighted by Crippen LogP contribution is 2.32. The third kappa shape index (κ3) is 2.75. The van der Waals surface area contributed by atoms with Crippen LogP contribution in [0.5, 0.6) is 0 Å². The van der Waals surface area contributed by atoms with Gasteiger partial charge in [-0.1, -0.05) is 29.3 Å². The van der Waals surface area contributed by atoms with Crippen LogP contribution < -0.4 is 10.2 Å². The third-order valence-corrected chi connectivity index (χ3v) is 4.12. The van der Waals surface area contributed by atoms with Gasteiger partial charge >= 0.3 is 0 Å². The van der Waals surface area contributed by atoms with Gasteiger partial charge in [-0.15, -0.1) is 5.10 Å². The second-order valence-electron chi connectivity index (χ2n) is 4.68. The van der Waals surface area contributed by atoms with Crippen LogP contribution in [0.1, 0.15) is 6.42 Å². The minimum absolute atomic E-state index is 0.495. The van der Waals surface area contributed by atoms with E-state index in [1.165, 1.54) is 0 Å². The zero-order valence-electron chi connectivity index (χ0n) is 10.9. The van der Waals surface area contributed by atoms with Crippen LogP contribution in [0.25, 0.3) is 11.4 Å². The molecule has 1 aliphatic heterocycles. The Morgan fingerprint density at radius 3 is 2.95 bits per heavy atom. The highest BCUT2D eigenvalue weighted by molar-refractivity contribution is 6.43. The second kappa shape index (κ2) is 5.99. The van der Waals surface area contributed by atoms with E-state index in [4.69, 9.17) is 23.2 Å². The maximum absolute atomic E-state index is 6.21. The molecule has 1 aromatic heterocycles. The molecular formula is C13H15Cl2N5. The number of H-pyrrole nitrogens is 1. The molecule has 0 bridgehead atoms. The summed E-state index contributed by atoms with van der Waals surface area (Å²) in [5.41, 5.74) is 0.769. The van der Waals surface area contributed by atoms with Crippen molar-refractivity contribution in [1.82, 2.24) is 20.5 Å². The number of hydrogen-bond donors (Lipinski definition) is 2. The molecule has 2 N–H and O–H groups in total. The Hall–Kier alpha value is -1.30. The van der Waals surface area contributed by atoms with Crippen molar-refractivity contribution in [2.45, 2.75) is 6.42 Å². The Balaban J connectivity index is 1.87. The van der Waals surface area contributed by atoms with Gasteiger partial charge in [0.1, 0.15) is 0 Å². The first-order chi connectivity index (χ1) is 9.75. The summed E-state index contributed by atoms with van der Waals surface area (Å²) in [6.45, 7) is 3.84. The maximum atomic E-state index is 6.21. The molecule has 20 heavy (non-hydrogen) atoms. The molecule has 1 fully saturated rings. The van der Waals surface area contributed by atoms with Gasteiger partial charge in [0.05, 0.1) is 10.0 Å². The molecule has 2 heterocycles. The fourth-order valence-corrected chi connectivity index (χ4v) is 2.64. The summed E-state index contributed by atoms with van der Waals surface area (Å²) < 4.78 is 0. The van der Waals surface area contributed by atoms with Crippen molar-refractivity contribution >= 4 is 29.2 Å². The van der Waals surface area contributed by atoms with Crippen LogP contribution in [0.2, 0.25) is 10.0 Å². The first-order valence-corrected chi connectivity index (χ1v) is 7.34. The van der Waals surface area contributed by atoms with Crippen molar-refractivity contribution in [2.24, 2.45) is 0 Å². The lowest BCUT2D eigenvalue weighted by atomic mass is 10.2. The molecule has 0 saturated carbocycles. The molecule has 7 heteroatoms. The van der Waals surface area contributed by atoms with Crippen LogP contribution in [0, 0.1) is 0 Å². The van der Waals surface area contributed by atoms with Crippen LogP contribution in [0.15, 0.2) is 18.2 Å². The number of aromatic nitrogens is 3. The second-order valence-corrected chi connectivity index (χ2v) is 5.46. The summed E-state index contributed by atoms with van der Waals surface area (Å²) in [5.74, 6) is 1.35. The lowest BCUT2D eigenvalue weighted by molar-refractivity contribution is 0.724. The van der Waals surface area contributed by atoms with Crippen LogP contribution in [-0.4, -0.2) is 41.4 Å². The fraction of sp³-hybridized carbons (Fsp3) is 0.385. The number of hydrogen-bond acceptors (Lipinski definition) is 4. The average Bonchev–Trinajstić information content (AvgIpc) is 2.77. The van der Waals surface area contributed by atoms with E-state index in [9.17, 15) is 0 Å². The number of anilines is 1. The molecule has 1 aliphatic rings. The van der Waals surface area contributed by atoms with Crippen molar-refractivity contribution in [2.75, 3.05) is 31.1 Å². The van der Waals surface area contributed by atoms with Crippen LogP contribution in [0.3, 0.4) is 0 Å². The van der Waals surface area contributed by atoms with Gasteiger partial charge in [-0.2, -0.15) is 4.98 Å². The molecule has 0 radical (unpaired) electrons. The van der Waals surface area contributed by atoms with E-state index in [0.717, 1.165) is 38.2 Å². The number of benzene rings is 1. The zero-order chi connectivity index (χ0) is 13.9. The summed E-state index contributed by atoms with van der Waals surface area (Å²) in [6.07, 6.45) is 1.09. The topological polar surface area (TPSA) is 56.8 Å². The molecule has 3 rings (SSSR count). The van der Waals surface area contributed by atoms with E-state index in [0.29, 0.717) is 21.8 Å². The van der Waals surface area contributed by atoms with E-state index in [2.05, 4.69) is 25.4 Å². The van der Waals surface area contributed by atoms with Crippen molar-refractivity contribution in [3.63, 3.8) is 0 Å². The fourth-order valence-electron chi connectivity index (χ4n) is 2.25. The van der Waals surface area contributed by atoms with E-state index in [-0.39, 0.29) is 0 Å². The predicted molar refractivity (Wildman–Crippen MR) is 81.5 cm³/mol. The molecular weight excluding hydrogens is 297 g/mol. The Kier molecular flexibility index (Phi) is 4.10. The van der Waals surface area contributed by atoms with Gasteiger partial charge in [-0.3, -0.25) is 5.10 Å². The number of nitrogens with zero attached hydrogens (tertiary/aromatic N) is 3. The third-order valence-electron chi connectivity index (χ3n) is 3.30. The average molecular weight is 312 g/mol. The quantitative estimate of drug-likeness (QED) is 0.895. The monoisotopic (exact) mass is 311 g/mol. The molecule has 106 valence electrons. The number of rotatable bonds is 2. The van der Waals surface area contributed by atoms with Gasteiger partial charge in [-0.05, 0) is 25.1 Å². The predicted octanol–water partition coefficient (Wildman–Crippen LogP) is 2.58. The van der Waals surface area contributed by atoms with Gasteiger partial charge in [0.2, 0.25) is 5.95 Å². The number of halogens is 2. The van der Waals surface area contributed by atoms with Crippen LogP contribution >= 0.6 is 23.2 Å². The molecule has 0 atom stereocenters. The van der Waals surface area contributed by atoms with Gasteiger partial charge in [0.25, 0.3) is 0 Å². The first-order valence-electron chi connectivity index (χ1n) is 6.58. The van der Waals surface area contributed by atoms with Gasteiger partial charge in [0, 0.05) is 25.2 Å². The Morgan fingerprint density at radius 2 is 2.05 bits per heavy atom. The molecule has 0 aliphatic carbocycles. The molecule has 5 nitrogen and oxygen atoms in total. The number of aromatic amines is 1. The minimum atomic E-state index is 0.495. The lowest BCUT2D eigenvalue weighted by Crippen LogP contribution is -2.28. The summed E-state index contributed by atoms with van der Waals surface area (Å²) in [5, 5.41) is 11.6. The van der Waals surface area contributed by atoms with Crippen molar-refractivity contribution < 1.29 is 0 Å². The van der Waals surface area contributed by atoms with Crippen molar-refractivity contribution in [3.05, 3.63) is 28.2 Å². The Morgan fingerprint density at radius 1 is 1.15 bits per heavy atom. The molecule has 1 aromatic carbocycles. The highest BCUT2D eigenvalue weighted by Gasteiger charge is 2.16. The van der Waals surface area contributed by atoms with E-state index < -0.39 is 0 Å². The number of nitrogens with one attached hydrogen (secondary N) is 2. The zero-order valence-corrected chi connectivity index (χ0v) is 12.4. The SMILES string of the molecule is Clc1cccc(-c2nc(N3CCCNCC3)n[nH]2)c1Cl. The summed E-state index contributed by atoms with van der Waals surface area (Å²) >= 11 is 12.2. The normalized spacial score (nSPS) is 16.2. The Bertz CT molecular complexity index is 590. The summed E-state index contributed by atoms with van der Waals surface area (Å²) in [4.78, 5) is 6.70. The van der Waals surface area contributed by atoms with Gasteiger partial charge < -0.3 is 10.2 Å². The minimum Gasteiger partial charge on any atom is -0.338 e. The van der Waals surface area contributed by atoms with E-state index >= 15 is 0 Å². The molecule has 0 unspecified atom stereocenters. The molecule has 1 saturated heterocycles. The van der Waals surface area contributed by atoms with Crippen LogP contribution in [0.4, 0.5) is 5.95 Å². The Labute approximate surface area is 127 Å². The molecule has 0 spiro atoms. The van der Waals surface area contributed by atoms with Crippen molar-refractivity contribution in [3.8, 4) is 11.4 Å². The maximum Gasteiger partial charge on any atom is 0.245 e. The highest BCUT2D eigenvalue weighted by atomic mass is 35.5. The van der Waals surface area contributed by atoms with Gasteiger partial charge in [-0.25, -0.2) is 0 Å². The summed E-state index contributed by atoms with van der Waals surface area (Å²) in [6, 6.07) is 5.48. The first kappa shape index (κ1) is 13.7. The smallest absolute Gasteiger partial charge is 0.245 e. The molecule has 0 amide bonds. The van der Waals surface area contributed by atoms with Gasteiger partial charge in [0.15, 0.2) is 5.82 Å². The van der Waals surface area contributed by atoms with Crippen molar-refractivity contribution in [1.29, 1.82) is 0 Å². The lowest BCUT2D eigenvalue weighted by Gasteiger charge is -2.16. The summed E-state index contributed by atoms with van der Waals surface area (Å²) in [7, 11) is 0. The molecule has 2 aromatic rings. The van der Waals surface area contributed by atoms with Crippen LogP contribution in [-0.2, 0) is 0 Å². The van der Waals surface area contributed by atoms with E-state index in [1.54, 1.807) is 6.07 Å². The van der Waals surface area contributed by atoms with E-state index in [1.807, 2.05) is 12.1 Å². The standard InChI is InChI=1S/C13H15Cl2N5/c14-10-4-1-3-9(11(10)15)12-17-13(19-18-12)20-7-2-5-16-6-8-20/h1,3-4,16H,2,5-8H2,(H,17,18,19). The largest absolute Gasteiger partial charge is 0.338 e.